The van der Waals surface area contributed by atoms with Gasteiger partial charge in [-0.2, -0.15) is 13.2 Å². The Labute approximate surface area is 96.7 Å². The predicted octanol–water partition coefficient (Wildman–Crippen LogP) is 1.86. The molecule has 0 rings (SSSR count). The molecule has 0 aliphatic rings. The van der Waals surface area contributed by atoms with Crippen molar-refractivity contribution in [2.24, 2.45) is 11.5 Å². The van der Waals surface area contributed by atoms with E-state index in [1.165, 1.54) is 0 Å². The summed E-state index contributed by atoms with van der Waals surface area (Å²) in [6, 6.07) is -3.28. The minimum absolute atomic E-state index is 0. The van der Waals surface area contributed by atoms with E-state index in [2.05, 4.69) is 11.5 Å². The summed E-state index contributed by atoms with van der Waals surface area (Å²) in [5, 5.41) is 0. The SMILES string of the molecule is Cl.NC(C(F)C(F)C(F)F)C(N)(F)C(F)(F)F. The van der Waals surface area contributed by atoms with Gasteiger partial charge in [-0.3, -0.25) is 5.73 Å². The van der Waals surface area contributed by atoms with E-state index in [1.54, 1.807) is 0 Å². The number of hydrogen-bond acceptors (Lipinski definition) is 2. The van der Waals surface area contributed by atoms with Gasteiger partial charge in [0.25, 0.3) is 12.2 Å². The normalized spacial score (nSPS) is 21.4. The number of alkyl halides is 8. The van der Waals surface area contributed by atoms with Crippen molar-refractivity contribution in [1.29, 1.82) is 0 Å². The van der Waals surface area contributed by atoms with Gasteiger partial charge in [0.05, 0.1) is 6.04 Å². The summed E-state index contributed by atoms with van der Waals surface area (Å²) in [4.78, 5) is 0. The minimum atomic E-state index is -5.79. The number of rotatable bonds is 4. The summed E-state index contributed by atoms with van der Waals surface area (Å²) in [5.41, 5.74) is 8.36. The zero-order valence-electron chi connectivity index (χ0n) is 7.90. The van der Waals surface area contributed by atoms with Crippen LogP contribution in [0.4, 0.5) is 35.1 Å². The van der Waals surface area contributed by atoms with Gasteiger partial charge in [0.15, 0.2) is 12.3 Å². The second-order valence-electron chi connectivity index (χ2n) is 3.01. The highest BCUT2D eigenvalue weighted by molar-refractivity contribution is 5.85. The van der Waals surface area contributed by atoms with Gasteiger partial charge in [-0.1, -0.05) is 0 Å². The Morgan fingerprint density at radius 3 is 1.41 bits per heavy atom. The Morgan fingerprint density at radius 2 is 1.18 bits per heavy atom. The van der Waals surface area contributed by atoms with Gasteiger partial charge < -0.3 is 5.73 Å². The molecule has 0 spiro atoms. The molecule has 0 aliphatic heterocycles. The minimum Gasteiger partial charge on any atom is -0.321 e. The van der Waals surface area contributed by atoms with E-state index in [0.29, 0.717) is 0 Å². The molecule has 4 atom stereocenters. The molecule has 0 saturated carbocycles. The third-order valence-corrected chi connectivity index (χ3v) is 1.81. The lowest BCUT2D eigenvalue weighted by Gasteiger charge is -2.31. The molecule has 0 saturated heterocycles. The lowest BCUT2D eigenvalue weighted by molar-refractivity contribution is -0.243. The molecular weight excluding hydrogens is 288 g/mol. The standard InChI is InChI=1S/C6H8F8N2.ClH/c7-1(2(8)4(9)10)3(15)5(11,16)6(12,13)14;/h1-4H,15-16H2;1H. The van der Waals surface area contributed by atoms with Crippen LogP contribution in [-0.2, 0) is 0 Å². The summed E-state index contributed by atoms with van der Waals surface area (Å²) in [6.45, 7) is 0. The maximum atomic E-state index is 12.7. The third-order valence-electron chi connectivity index (χ3n) is 1.81. The molecule has 0 aromatic carbocycles. The van der Waals surface area contributed by atoms with Crippen LogP contribution in [0.15, 0.2) is 0 Å². The molecule has 0 aliphatic carbocycles. The summed E-state index contributed by atoms with van der Waals surface area (Å²) < 4.78 is 96.5. The summed E-state index contributed by atoms with van der Waals surface area (Å²) >= 11 is 0. The first-order chi connectivity index (χ1) is 6.93. The van der Waals surface area contributed by atoms with E-state index in [1.807, 2.05) is 0 Å². The first-order valence-electron chi connectivity index (χ1n) is 3.79. The molecule has 106 valence electrons. The van der Waals surface area contributed by atoms with E-state index in [0.717, 1.165) is 0 Å². The molecular formula is C6H9ClF8N2. The van der Waals surface area contributed by atoms with Crippen molar-refractivity contribution in [3.05, 3.63) is 0 Å². The summed E-state index contributed by atoms with van der Waals surface area (Å²) in [6.07, 6.45) is -16.9. The van der Waals surface area contributed by atoms with Crippen LogP contribution < -0.4 is 11.5 Å². The molecule has 0 fully saturated rings. The van der Waals surface area contributed by atoms with Gasteiger partial charge >= 0.3 is 6.18 Å². The van der Waals surface area contributed by atoms with E-state index in [9.17, 15) is 35.1 Å². The lowest BCUT2D eigenvalue weighted by Crippen LogP contribution is -2.66. The molecule has 0 amide bonds. The Morgan fingerprint density at radius 1 is 0.824 bits per heavy atom. The molecule has 11 heteroatoms. The first kappa shape index (κ1) is 19.0. The van der Waals surface area contributed by atoms with Gasteiger partial charge in [0, 0.05) is 0 Å². The van der Waals surface area contributed by atoms with Crippen molar-refractivity contribution in [2.45, 2.75) is 36.8 Å². The average molecular weight is 297 g/mol. The Kier molecular flexibility index (Phi) is 6.71. The molecule has 0 aromatic heterocycles. The summed E-state index contributed by atoms with van der Waals surface area (Å²) in [7, 11) is 0. The fourth-order valence-corrected chi connectivity index (χ4v) is 0.758. The van der Waals surface area contributed by atoms with Crippen molar-refractivity contribution >= 4 is 12.4 Å². The topological polar surface area (TPSA) is 52.0 Å². The first-order valence-corrected chi connectivity index (χ1v) is 3.79. The van der Waals surface area contributed by atoms with E-state index in [4.69, 9.17) is 0 Å². The van der Waals surface area contributed by atoms with Crippen LogP contribution in [0.3, 0.4) is 0 Å². The van der Waals surface area contributed by atoms with Crippen molar-refractivity contribution in [2.75, 3.05) is 0 Å². The molecule has 4 N–H and O–H groups in total. The second-order valence-corrected chi connectivity index (χ2v) is 3.01. The van der Waals surface area contributed by atoms with Crippen LogP contribution in [-0.4, -0.2) is 36.8 Å². The van der Waals surface area contributed by atoms with Crippen molar-refractivity contribution in [1.82, 2.24) is 0 Å². The fraction of sp³-hybridized carbons (Fsp3) is 1.00. The Balaban J connectivity index is 0. The second kappa shape index (κ2) is 6.01. The highest BCUT2D eigenvalue weighted by Gasteiger charge is 2.61. The number of hydrogen-bond donors (Lipinski definition) is 2. The highest BCUT2D eigenvalue weighted by Crippen LogP contribution is 2.34. The van der Waals surface area contributed by atoms with Crippen molar-refractivity contribution in [3.63, 3.8) is 0 Å². The molecule has 0 radical (unpaired) electrons. The highest BCUT2D eigenvalue weighted by atomic mass is 35.5. The third kappa shape index (κ3) is 4.11. The Hall–Kier alpha value is -0.350. The maximum absolute atomic E-state index is 12.7. The molecule has 0 aromatic rings. The zero-order chi connectivity index (χ0) is 13.3. The Bertz CT molecular complexity index is 233. The molecule has 0 bridgehead atoms. The van der Waals surface area contributed by atoms with Gasteiger partial charge in [-0.05, 0) is 0 Å². The fourth-order valence-electron chi connectivity index (χ4n) is 0.758. The van der Waals surface area contributed by atoms with E-state index >= 15 is 0 Å². The van der Waals surface area contributed by atoms with E-state index < -0.39 is 36.8 Å². The number of nitrogens with two attached hydrogens (primary N) is 2. The van der Waals surface area contributed by atoms with Crippen molar-refractivity contribution < 1.29 is 35.1 Å². The zero-order valence-corrected chi connectivity index (χ0v) is 8.71. The van der Waals surface area contributed by atoms with Crippen LogP contribution in [0.5, 0.6) is 0 Å². The quantitative estimate of drug-likeness (QED) is 0.614. The van der Waals surface area contributed by atoms with Gasteiger partial charge in [-0.15, -0.1) is 12.4 Å². The monoisotopic (exact) mass is 296 g/mol. The van der Waals surface area contributed by atoms with Crippen LogP contribution >= 0.6 is 12.4 Å². The van der Waals surface area contributed by atoms with Crippen molar-refractivity contribution in [3.8, 4) is 0 Å². The van der Waals surface area contributed by atoms with E-state index in [-0.39, 0.29) is 12.4 Å². The maximum Gasteiger partial charge on any atom is 0.437 e. The lowest BCUT2D eigenvalue weighted by atomic mass is 9.99. The van der Waals surface area contributed by atoms with Crippen LogP contribution in [0.1, 0.15) is 0 Å². The van der Waals surface area contributed by atoms with Gasteiger partial charge in [-0.25, -0.2) is 22.0 Å². The van der Waals surface area contributed by atoms with Crippen LogP contribution in [0, 0.1) is 0 Å². The average Bonchev–Trinajstić information content (AvgIpc) is 2.12. The predicted molar refractivity (Wildman–Crippen MR) is 45.1 cm³/mol. The molecule has 2 nitrogen and oxygen atoms in total. The number of halogens is 9. The molecule has 0 heterocycles. The van der Waals surface area contributed by atoms with Gasteiger partial charge in [0.2, 0.25) is 0 Å². The molecule has 4 unspecified atom stereocenters. The smallest absolute Gasteiger partial charge is 0.321 e. The van der Waals surface area contributed by atoms with Crippen LogP contribution in [0.2, 0.25) is 0 Å². The van der Waals surface area contributed by atoms with Crippen LogP contribution in [0.25, 0.3) is 0 Å². The molecule has 17 heavy (non-hydrogen) atoms. The summed E-state index contributed by atoms with van der Waals surface area (Å²) in [5.74, 6) is -4.79. The van der Waals surface area contributed by atoms with Gasteiger partial charge in [0.1, 0.15) is 0 Å². The largest absolute Gasteiger partial charge is 0.437 e.